The molecule has 0 radical (unpaired) electrons. The monoisotopic (exact) mass is 304 g/mol. The van der Waals surface area contributed by atoms with Crippen LogP contribution < -0.4 is 10.1 Å². The summed E-state index contributed by atoms with van der Waals surface area (Å²) in [6.45, 7) is 7.09. The maximum atomic E-state index is 13.5. The number of carbonyl (C=O) groups is 1. The Morgan fingerprint density at radius 1 is 1.55 bits per heavy atom. The molecule has 20 heavy (non-hydrogen) atoms. The minimum absolute atomic E-state index is 0.0113. The van der Waals surface area contributed by atoms with Crippen molar-refractivity contribution in [2.75, 3.05) is 6.61 Å². The molecule has 0 bridgehead atoms. The SMILES string of the molecule is CC(COc1ccnc(Cl)c1F)NC(=O)OC(C)(C)C. The van der Waals surface area contributed by atoms with E-state index in [2.05, 4.69) is 10.3 Å². The molecule has 1 rings (SSSR count). The second-order valence-electron chi connectivity index (χ2n) is 5.27. The number of amides is 1. The zero-order chi connectivity index (χ0) is 15.3. The first-order valence-electron chi connectivity index (χ1n) is 6.11. The van der Waals surface area contributed by atoms with Gasteiger partial charge >= 0.3 is 6.09 Å². The lowest BCUT2D eigenvalue weighted by Crippen LogP contribution is -2.40. The molecular weight excluding hydrogens is 287 g/mol. The number of rotatable bonds is 4. The first-order valence-corrected chi connectivity index (χ1v) is 6.49. The van der Waals surface area contributed by atoms with Gasteiger partial charge in [-0.15, -0.1) is 0 Å². The smallest absolute Gasteiger partial charge is 0.407 e. The van der Waals surface area contributed by atoms with E-state index in [9.17, 15) is 9.18 Å². The van der Waals surface area contributed by atoms with Crippen LogP contribution in [0.1, 0.15) is 27.7 Å². The maximum absolute atomic E-state index is 13.5. The summed E-state index contributed by atoms with van der Waals surface area (Å²) in [5.41, 5.74) is -0.574. The van der Waals surface area contributed by atoms with E-state index >= 15 is 0 Å². The molecule has 112 valence electrons. The first kappa shape index (κ1) is 16.5. The topological polar surface area (TPSA) is 60.5 Å². The van der Waals surface area contributed by atoms with E-state index in [0.29, 0.717) is 0 Å². The highest BCUT2D eigenvalue weighted by Gasteiger charge is 2.18. The average Bonchev–Trinajstić information content (AvgIpc) is 2.28. The summed E-state index contributed by atoms with van der Waals surface area (Å²) in [5.74, 6) is -0.735. The molecular formula is C13H18ClFN2O3. The molecule has 1 N–H and O–H groups in total. The average molecular weight is 305 g/mol. The van der Waals surface area contributed by atoms with Gasteiger partial charge in [-0.2, -0.15) is 4.39 Å². The Hall–Kier alpha value is -1.56. The van der Waals surface area contributed by atoms with Crippen molar-refractivity contribution in [1.82, 2.24) is 10.3 Å². The fraction of sp³-hybridized carbons (Fsp3) is 0.538. The number of nitrogens with zero attached hydrogens (tertiary/aromatic N) is 1. The molecule has 0 aliphatic rings. The zero-order valence-corrected chi connectivity index (χ0v) is 12.6. The Labute approximate surface area is 122 Å². The molecule has 1 heterocycles. The van der Waals surface area contributed by atoms with E-state index in [-0.39, 0.29) is 23.6 Å². The normalized spacial score (nSPS) is 12.7. The number of hydrogen-bond acceptors (Lipinski definition) is 4. The third-order valence-corrected chi connectivity index (χ3v) is 2.33. The molecule has 0 aliphatic heterocycles. The van der Waals surface area contributed by atoms with Crippen molar-refractivity contribution in [2.45, 2.75) is 39.3 Å². The predicted octanol–water partition coefficient (Wildman–Crippen LogP) is 3.17. The number of pyridine rings is 1. The van der Waals surface area contributed by atoms with Crippen molar-refractivity contribution >= 4 is 17.7 Å². The second-order valence-corrected chi connectivity index (χ2v) is 5.63. The molecule has 5 nitrogen and oxygen atoms in total. The molecule has 0 fully saturated rings. The van der Waals surface area contributed by atoms with Gasteiger partial charge in [-0.3, -0.25) is 0 Å². The number of alkyl carbamates (subject to hydrolysis) is 1. The number of carbonyl (C=O) groups excluding carboxylic acids is 1. The Balaban J connectivity index is 2.46. The van der Waals surface area contributed by atoms with Crippen LogP contribution in [-0.4, -0.2) is 29.3 Å². The van der Waals surface area contributed by atoms with Crippen LogP contribution in [0.2, 0.25) is 5.15 Å². The third kappa shape index (κ3) is 5.61. The van der Waals surface area contributed by atoms with Crippen LogP contribution in [-0.2, 0) is 4.74 Å². The number of hydrogen-bond donors (Lipinski definition) is 1. The van der Waals surface area contributed by atoms with Crippen LogP contribution in [0.3, 0.4) is 0 Å². The lowest BCUT2D eigenvalue weighted by atomic mass is 10.2. The Bertz CT molecular complexity index is 477. The summed E-state index contributed by atoms with van der Waals surface area (Å²) in [4.78, 5) is 15.1. The summed E-state index contributed by atoms with van der Waals surface area (Å²) in [6.07, 6.45) is 0.786. The Kier molecular flexibility index (Phi) is 5.56. The lowest BCUT2D eigenvalue weighted by molar-refractivity contribution is 0.0493. The molecule has 0 saturated carbocycles. The lowest BCUT2D eigenvalue weighted by Gasteiger charge is -2.22. The standard InChI is InChI=1S/C13H18ClFN2O3/c1-8(17-12(18)20-13(2,3)4)7-19-9-5-6-16-11(14)10(9)15/h5-6,8H,7H2,1-4H3,(H,17,18). The quantitative estimate of drug-likeness (QED) is 0.868. The molecule has 0 aliphatic carbocycles. The molecule has 0 saturated heterocycles. The largest absolute Gasteiger partial charge is 0.488 e. The van der Waals surface area contributed by atoms with E-state index in [1.165, 1.54) is 12.3 Å². The van der Waals surface area contributed by atoms with Gasteiger partial charge in [-0.05, 0) is 27.7 Å². The first-order chi connectivity index (χ1) is 9.19. The molecule has 1 aromatic rings. The van der Waals surface area contributed by atoms with Crippen molar-refractivity contribution in [1.29, 1.82) is 0 Å². The van der Waals surface area contributed by atoms with E-state index in [4.69, 9.17) is 21.1 Å². The summed E-state index contributed by atoms with van der Waals surface area (Å²) < 4.78 is 23.8. The van der Waals surface area contributed by atoms with Crippen molar-refractivity contribution in [3.8, 4) is 5.75 Å². The minimum atomic E-state index is -0.723. The minimum Gasteiger partial charge on any atom is -0.488 e. The van der Waals surface area contributed by atoms with E-state index in [0.717, 1.165) is 0 Å². The van der Waals surface area contributed by atoms with Crippen LogP contribution in [0.5, 0.6) is 5.75 Å². The molecule has 0 spiro atoms. The van der Waals surface area contributed by atoms with Gasteiger partial charge in [-0.25, -0.2) is 9.78 Å². The maximum Gasteiger partial charge on any atom is 0.407 e. The summed E-state index contributed by atoms with van der Waals surface area (Å²) in [5, 5.41) is 2.33. The van der Waals surface area contributed by atoms with Crippen LogP contribution in [0.4, 0.5) is 9.18 Å². The van der Waals surface area contributed by atoms with Gasteiger partial charge in [0, 0.05) is 12.3 Å². The molecule has 1 amide bonds. The van der Waals surface area contributed by atoms with Gasteiger partial charge in [-0.1, -0.05) is 11.6 Å². The number of halogens is 2. The zero-order valence-electron chi connectivity index (χ0n) is 11.9. The number of nitrogens with one attached hydrogen (secondary N) is 1. The molecule has 1 aromatic heterocycles. The van der Waals surface area contributed by atoms with Crippen molar-refractivity contribution < 1.29 is 18.7 Å². The van der Waals surface area contributed by atoms with Crippen LogP contribution in [0, 0.1) is 5.82 Å². The van der Waals surface area contributed by atoms with Gasteiger partial charge in [0.05, 0.1) is 6.04 Å². The third-order valence-electron chi connectivity index (χ3n) is 2.06. The van der Waals surface area contributed by atoms with E-state index < -0.39 is 17.5 Å². The molecule has 1 atom stereocenters. The summed E-state index contributed by atoms with van der Waals surface area (Å²) in [7, 11) is 0. The van der Waals surface area contributed by atoms with Crippen LogP contribution in [0.25, 0.3) is 0 Å². The molecule has 0 aromatic carbocycles. The Morgan fingerprint density at radius 2 is 2.20 bits per heavy atom. The van der Waals surface area contributed by atoms with Crippen molar-refractivity contribution in [2.24, 2.45) is 0 Å². The van der Waals surface area contributed by atoms with Crippen molar-refractivity contribution in [3.05, 3.63) is 23.2 Å². The fourth-order valence-corrected chi connectivity index (χ4v) is 1.43. The molecule has 7 heteroatoms. The van der Waals surface area contributed by atoms with Gasteiger partial charge in [0.25, 0.3) is 0 Å². The number of aromatic nitrogens is 1. The van der Waals surface area contributed by atoms with Gasteiger partial charge in [0.2, 0.25) is 5.82 Å². The van der Waals surface area contributed by atoms with E-state index in [1.807, 2.05) is 0 Å². The Morgan fingerprint density at radius 3 is 2.80 bits per heavy atom. The van der Waals surface area contributed by atoms with E-state index in [1.54, 1.807) is 27.7 Å². The van der Waals surface area contributed by atoms with Gasteiger partial charge < -0.3 is 14.8 Å². The van der Waals surface area contributed by atoms with Crippen LogP contribution >= 0.6 is 11.6 Å². The van der Waals surface area contributed by atoms with Gasteiger partial charge in [0.15, 0.2) is 10.9 Å². The highest BCUT2D eigenvalue weighted by Crippen LogP contribution is 2.21. The summed E-state index contributed by atoms with van der Waals surface area (Å²) >= 11 is 5.53. The highest BCUT2D eigenvalue weighted by atomic mass is 35.5. The van der Waals surface area contributed by atoms with Gasteiger partial charge in [0.1, 0.15) is 12.2 Å². The molecule has 1 unspecified atom stereocenters. The second kappa shape index (κ2) is 6.74. The number of ether oxygens (including phenoxy) is 2. The fourth-order valence-electron chi connectivity index (χ4n) is 1.28. The predicted molar refractivity (Wildman–Crippen MR) is 73.5 cm³/mol. The summed E-state index contributed by atoms with van der Waals surface area (Å²) in [6, 6.07) is 1.01. The van der Waals surface area contributed by atoms with Crippen molar-refractivity contribution in [3.63, 3.8) is 0 Å². The van der Waals surface area contributed by atoms with Crippen LogP contribution in [0.15, 0.2) is 12.3 Å². The highest BCUT2D eigenvalue weighted by molar-refractivity contribution is 6.29.